The lowest BCUT2D eigenvalue weighted by Gasteiger charge is -2.07. The Bertz CT molecular complexity index is 241. The molecule has 0 radical (unpaired) electrons. The van der Waals surface area contributed by atoms with E-state index in [1.807, 2.05) is 0 Å². The maximum absolute atomic E-state index is 10.6. The van der Waals surface area contributed by atoms with Gasteiger partial charge in [-0.3, -0.25) is 8.93 Å². The van der Waals surface area contributed by atoms with Gasteiger partial charge < -0.3 is 9.29 Å². The average Bonchev–Trinajstić information content (AvgIpc) is 1.98. The summed E-state index contributed by atoms with van der Waals surface area (Å²) in [6.07, 6.45) is 0.242. The molecule has 0 aromatic rings. The number of carbonyl (C=O) groups is 2. The Morgan fingerprint density at radius 3 is 2.69 bits per heavy atom. The molecule has 74 valence electrons. The van der Waals surface area contributed by atoms with Crippen LogP contribution in [0.4, 0.5) is 9.59 Å². The van der Waals surface area contributed by atoms with Crippen molar-refractivity contribution in [2.45, 2.75) is 0 Å². The highest BCUT2D eigenvalue weighted by Gasteiger charge is 2.06. The summed E-state index contributed by atoms with van der Waals surface area (Å²) in [7, 11) is 0. The monoisotopic (exact) mass is 207 g/mol. The highest BCUT2D eigenvalue weighted by molar-refractivity contribution is 7.77. The predicted molar refractivity (Wildman–Crippen MR) is 42.1 cm³/mol. The Morgan fingerprint density at radius 1 is 1.62 bits per heavy atom. The fraction of sp³-hybridized carbons (Fsp3) is 0.200. The van der Waals surface area contributed by atoms with Gasteiger partial charge in [-0.15, -0.1) is 0 Å². The molecule has 0 aromatic carbocycles. The number of nitrogens with one attached hydrogen (secondary N) is 2. The van der Waals surface area contributed by atoms with Crippen molar-refractivity contribution in [2.75, 3.05) is 6.61 Å². The van der Waals surface area contributed by atoms with Crippen molar-refractivity contribution in [3.05, 3.63) is 12.7 Å². The molecule has 0 saturated heterocycles. The van der Waals surface area contributed by atoms with Gasteiger partial charge in [0.25, 0.3) is 0 Å². The summed E-state index contributed by atoms with van der Waals surface area (Å²) in [4.78, 5) is 21.0. The van der Waals surface area contributed by atoms with Crippen LogP contribution >= 0.6 is 0 Å². The number of carbonyl (C=O) groups excluding carboxylic acids is 2. The van der Waals surface area contributed by atoms with Crippen LogP contribution in [0, 0.1) is 0 Å². The number of alkyl carbamates (subject to hydrolysis) is 1. The van der Waals surface area contributed by atoms with E-state index in [0.717, 1.165) is 0 Å². The summed E-state index contributed by atoms with van der Waals surface area (Å²) in [5.74, 6) is 0. The number of hydrogen-bond acceptors (Lipinski definition) is 5. The van der Waals surface area contributed by atoms with Crippen LogP contribution in [0.2, 0.25) is 0 Å². The summed E-state index contributed by atoms with van der Waals surface area (Å²) in [5, 5.41) is 1.59. The topological polar surface area (TPSA) is 108 Å². The van der Waals surface area contributed by atoms with Gasteiger partial charge in [-0.05, 0) is 0 Å². The molecular weight excluding hydrogens is 200 g/mol. The largest absolute Gasteiger partial charge is 0.755 e. The third kappa shape index (κ3) is 6.97. The van der Waals surface area contributed by atoms with Crippen LogP contribution in [0.3, 0.4) is 0 Å². The number of urea groups is 1. The van der Waals surface area contributed by atoms with Gasteiger partial charge in [-0.25, -0.2) is 14.9 Å². The zero-order valence-electron chi connectivity index (χ0n) is 6.44. The number of amides is 3. The van der Waals surface area contributed by atoms with Crippen molar-refractivity contribution >= 4 is 23.4 Å². The van der Waals surface area contributed by atoms with E-state index in [1.54, 1.807) is 5.32 Å². The van der Waals surface area contributed by atoms with Crippen LogP contribution in [0.15, 0.2) is 12.7 Å². The van der Waals surface area contributed by atoms with Crippen molar-refractivity contribution in [1.29, 1.82) is 0 Å². The van der Waals surface area contributed by atoms with Crippen molar-refractivity contribution < 1.29 is 23.1 Å². The highest BCUT2D eigenvalue weighted by atomic mass is 32.2. The Hall–Kier alpha value is -1.41. The van der Waals surface area contributed by atoms with E-state index in [2.05, 4.69) is 11.3 Å². The Labute approximate surface area is 76.6 Å². The molecule has 0 aliphatic heterocycles. The van der Waals surface area contributed by atoms with Crippen molar-refractivity contribution in [3.8, 4) is 0 Å². The molecule has 0 spiro atoms. The molecule has 7 nitrogen and oxygen atoms in total. The molecule has 0 aliphatic carbocycles. The molecule has 0 rings (SSSR count). The maximum Gasteiger partial charge on any atom is 0.415 e. The zero-order valence-corrected chi connectivity index (χ0v) is 7.26. The minimum atomic E-state index is -2.76. The first-order chi connectivity index (χ1) is 6.06. The number of hydrogen-bond donors (Lipinski definition) is 2. The van der Waals surface area contributed by atoms with Gasteiger partial charge in [0.05, 0.1) is 0 Å². The molecule has 13 heavy (non-hydrogen) atoms. The second-order valence-corrected chi connectivity index (χ2v) is 2.35. The van der Waals surface area contributed by atoms with Gasteiger partial charge in [0.2, 0.25) is 0 Å². The van der Waals surface area contributed by atoms with Crippen molar-refractivity contribution in [3.63, 3.8) is 0 Å². The third-order valence-corrected chi connectivity index (χ3v) is 1.08. The first kappa shape index (κ1) is 11.6. The van der Waals surface area contributed by atoms with Crippen molar-refractivity contribution in [1.82, 2.24) is 10.0 Å². The van der Waals surface area contributed by atoms with Crippen LogP contribution in [0.25, 0.3) is 0 Å². The summed E-state index contributed by atoms with van der Waals surface area (Å²) in [5.41, 5.74) is 0. The fourth-order valence-electron chi connectivity index (χ4n) is 0.365. The lowest BCUT2D eigenvalue weighted by atomic mass is 10.7. The number of imide groups is 1. The molecule has 0 fully saturated rings. The van der Waals surface area contributed by atoms with Gasteiger partial charge in [-0.2, -0.15) is 0 Å². The molecule has 0 aromatic heterocycles. The summed E-state index contributed by atoms with van der Waals surface area (Å²) in [6.45, 7) is 3.19. The molecule has 0 aliphatic rings. The van der Waals surface area contributed by atoms with E-state index in [0.29, 0.717) is 0 Å². The fourth-order valence-corrected chi connectivity index (χ4v) is 0.567. The lowest BCUT2D eigenvalue weighted by Crippen LogP contribution is -2.40. The first-order valence-electron chi connectivity index (χ1n) is 3.01. The van der Waals surface area contributed by atoms with Crippen LogP contribution < -0.4 is 10.0 Å². The van der Waals surface area contributed by atoms with E-state index in [-0.39, 0.29) is 6.61 Å². The molecule has 0 bridgehead atoms. The van der Waals surface area contributed by atoms with Gasteiger partial charge in [0, 0.05) is 11.3 Å². The highest BCUT2D eigenvalue weighted by Crippen LogP contribution is 1.78. The molecule has 0 saturated carbocycles. The summed E-state index contributed by atoms with van der Waals surface area (Å²) < 4.78 is 25.4. The minimum Gasteiger partial charge on any atom is -0.755 e. The first-order valence-corrected chi connectivity index (χ1v) is 4.08. The Kier molecular flexibility index (Phi) is 5.48. The Balaban J connectivity index is 3.71. The van der Waals surface area contributed by atoms with E-state index in [9.17, 15) is 18.4 Å². The van der Waals surface area contributed by atoms with E-state index < -0.39 is 23.4 Å². The molecule has 8 heteroatoms. The van der Waals surface area contributed by atoms with Crippen LogP contribution in [-0.4, -0.2) is 27.5 Å². The lowest BCUT2D eigenvalue weighted by molar-refractivity contribution is 0.159. The third-order valence-electron chi connectivity index (χ3n) is 0.724. The number of rotatable bonds is 3. The Morgan fingerprint density at radius 2 is 2.23 bits per heavy atom. The smallest absolute Gasteiger partial charge is 0.415 e. The average molecular weight is 207 g/mol. The predicted octanol–water partition coefficient (Wildman–Crippen LogP) is -0.598. The van der Waals surface area contributed by atoms with Crippen LogP contribution in [-0.2, 0) is 16.0 Å². The molecule has 3 amide bonds. The zero-order chi connectivity index (χ0) is 10.3. The van der Waals surface area contributed by atoms with Crippen LogP contribution in [0.1, 0.15) is 0 Å². The molecule has 0 heterocycles. The molecule has 1 unspecified atom stereocenters. The standard InChI is InChI=1S/C5H8N2O5S/c1-2-3-12-5(9)6-4(8)7-13(10)11/h2H,1,3H2,(H,10,11)(H2,6,7,8,9)/p-1. The van der Waals surface area contributed by atoms with Crippen molar-refractivity contribution in [2.24, 2.45) is 0 Å². The second kappa shape index (κ2) is 6.14. The SMILES string of the molecule is C=CCOC(=O)NC(=O)NS(=O)[O-]. The minimum absolute atomic E-state index is 0.0699. The number of ether oxygens (including phenoxy) is 1. The van der Waals surface area contributed by atoms with Gasteiger partial charge in [-0.1, -0.05) is 12.7 Å². The molecule has 2 N–H and O–H groups in total. The van der Waals surface area contributed by atoms with E-state index in [4.69, 9.17) is 0 Å². The van der Waals surface area contributed by atoms with Crippen LogP contribution in [0.5, 0.6) is 0 Å². The second-order valence-electron chi connectivity index (χ2n) is 1.68. The normalized spacial score (nSPS) is 11.2. The molecular formula is C5H7N2O5S-. The summed E-state index contributed by atoms with van der Waals surface area (Å²) in [6, 6.07) is -1.18. The van der Waals surface area contributed by atoms with E-state index in [1.165, 1.54) is 10.8 Å². The maximum atomic E-state index is 10.6. The quantitative estimate of drug-likeness (QED) is 0.474. The van der Waals surface area contributed by atoms with Gasteiger partial charge >= 0.3 is 12.1 Å². The summed E-state index contributed by atoms with van der Waals surface area (Å²) >= 11 is -2.76. The van der Waals surface area contributed by atoms with Gasteiger partial charge in [0.15, 0.2) is 0 Å². The van der Waals surface area contributed by atoms with Gasteiger partial charge in [0.1, 0.15) is 6.61 Å². The van der Waals surface area contributed by atoms with E-state index >= 15 is 0 Å². The molecule has 1 atom stereocenters.